The molecule has 0 saturated carbocycles. The highest BCUT2D eigenvalue weighted by Crippen LogP contribution is 2.16. The molecule has 25 heavy (non-hydrogen) atoms. The van der Waals surface area contributed by atoms with E-state index < -0.39 is 10.8 Å². The first kappa shape index (κ1) is 18.6. The van der Waals surface area contributed by atoms with Crippen LogP contribution < -0.4 is 10.6 Å². The molecule has 0 bridgehead atoms. The second-order valence-corrected chi connectivity index (χ2v) is 6.25. The Labute approximate surface area is 152 Å². The zero-order valence-corrected chi connectivity index (χ0v) is 14.9. The predicted octanol–water partition coefficient (Wildman–Crippen LogP) is 2.96. The Morgan fingerprint density at radius 1 is 1.20 bits per heavy atom. The maximum Gasteiger partial charge on any atom is 0.270 e. The minimum atomic E-state index is -0.580. The molecule has 2 N–H and O–H groups in total. The van der Waals surface area contributed by atoms with Gasteiger partial charge in [0.25, 0.3) is 11.6 Å². The highest BCUT2D eigenvalue weighted by Gasteiger charge is 2.14. The number of hydrogen-bond acceptors (Lipinski definition) is 4. The van der Waals surface area contributed by atoms with Crippen LogP contribution in [0, 0.1) is 10.1 Å². The molecule has 7 nitrogen and oxygen atoms in total. The van der Waals surface area contributed by atoms with Gasteiger partial charge in [0.1, 0.15) is 0 Å². The lowest BCUT2D eigenvalue weighted by atomic mass is 10.1. The van der Waals surface area contributed by atoms with E-state index >= 15 is 0 Å². The summed E-state index contributed by atoms with van der Waals surface area (Å²) in [6.45, 7) is 1.62. The Balaban J connectivity index is 1.89. The lowest BCUT2D eigenvalue weighted by Gasteiger charge is -2.14. The molecule has 8 heteroatoms. The standard InChI is InChI=1S/C17H16BrN3O4/c1-11(12-5-7-14(18)8-6-12)20-16(22)10-19-17(23)13-3-2-4-15(9-13)21(24)25/h2-9,11H,10H2,1H3,(H,19,23)(H,20,22). The van der Waals surface area contributed by atoms with Crippen LogP contribution in [0.3, 0.4) is 0 Å². The monoisotopic (exact) mass is 405 g/mol. The number of rotatable bonds is 6. The average Bonchev–Trinajstić information content (AvgIpc) is 2.60. The van der Waals surface area contributed by atoms with Crippen molar-refractivity contribution in [2.45, 2.75) is 13.0 Å². The zero-order valence-electron chi connectivity index (χ0n) is 13.4. The van der Waals surface area contributed by atoms with Gasteiger partial charge in [-0.05, 0) is 30.7 Å². The molecule has 2 amide bonds. The van der Waals surface area contributed by atoms with Gasteiger partial charge in [-0.3, -0.25) is 19.7 Å². The van der Waals surface area contributed by atoms with E-state index in [-0.39, 0.29) is 29.7 Å². The largest absolute Gasteiger partial charge is 0.348 e. The summed E-state index contributed by atoms with van der Waals surface area (Å²) in [4.78, 5) is 34.1. The summed E-state index contributed by atoms with van der Waals surface area (Å²) < 4.78 is 0.944. The van der Waals surface area contributed by atoms with E-state index in [9.17, 15) is 19.7 Å². The first-order chi connectivity index (χ1) is 11.9. The molecule has 0 aromatic heterocycles. The van der Waals surface area contributed by atoms with Crippen molar-refractivity contribution in [2.75, 3.05) is 6.54 Å². The van der Waals surface area contributed by atoms with Gasteiger partial charge < -0.3 is 10.6 Å². The van der Waals surface area contributed by atoms with Gasteiger partial charge in [0.2, 0.25) is 5.91 Å². The van der Waals surface area contributed by atoms with E-state index in [1.807, 2.05) is 31.2 Å². The summed E-state index contributed by atoms with van der Waals surface area (Å²) in [7, 11) is 0. The lowest BCUT2D eigenvalue weighted by Crippen LogP contribution is -2.38. The van der Waals surface area contributed by atoms with Crippen LogP contribution in [0.15, 0.2) is 53.0 Å². The Morgan fingerprint density at radius 2 is 1.88 bits per heavy atom. The van der Waals surface area contributed by atoms with E-state index in [0.29, 0.717) is 0 Å². The molecule has 0 spiro atoms. The van der Waals surface area contributed by atoms with Crippen LogP contribution in [0.1, 0.15) is 28.9 Å². The lowest BCUT2D eigenvalue weighted by molar-refractivity contribution is -0.384. The second-order valence-electron chi connectivity index (χ2n) is 5.33. The molecule has 0 aliphatic heterocycles. The molecular formula is C17H16BrN3O4. The third-order valence-electron chi connectivity index (χ3n) is 3.48. The van der Waals surface area contributed by atoms with Crippen LogP contribution in [-0.2, 0) is 4.79 Å². The first-order valence-corrected chi connectivity index (χ1v) is 8.23. The summed E-state index contributed by atoms with van der Waals surface area (Å²) in [5, 5.41) is 16.0. The Morgan fingerprint density at radius 3 is 2.52 bits per heavy atom. The summed E-state index contributed by atoms with van der Waals surface area (Å²) in [6, 6.07) is 12.6. The molecule has 0 fully saturated rings. The number of hydrogen-bond donors (Lipinski definition) is 2. The summed E-state index contributed by atoms with van der Waals surface area (Å²) >= 11 is 3.35. The molecule has 1 unspecified atom stereocenters. The molecular weight excluding hydrogens is 390 g/mol. The average molecular weight is 406 g/mol. The van der Waals surface area contributed by atoms with Crippen LogP contribution in [0.2, 0.25) is 0 Å². The van der Waals surface area contributed by atoms with Gasteiger partial charge in [0.15, 0.2) is 0 Å². The third-order valence-corrected chi connectivity index (χ3v) is 4.00. The summed E-state index contributed by atoms with van der Waals surface area (Å²) in [5.41, 5.74) is 0.880. The Bertz CT molecular complexity index is 793. The third kappa shape index (κ3) is 5.39. The number of non-ortho nitro benzene ring substituents is 1. The van der Waals surface area contributed by atoms with Gasteiger partial charge in [-0.2, -0.15) is 0 Å². The van der Waals surface area contributed by atoms with E-state index in [0.717, 1.165) is 16.1 Å². The van der Waals surface area contributed by atoms with Crippen LogP contribution >= 0.6 is 15.9 Å². The Hall–Kier alpha value is -2.74. The smallest absolute Gasteiger partial charge is 0.270 e. The molecule has 130 valence electrons. The molecule has 0 saturated heterocycles. The fraction of sp³-hybridized carbons (Fsp3) is 0.176. The first-order valence-electron chi connectivity index (χ1n) is 7.44. The van der Waals surface area contributed by atoms with E-state index in [2.05, 4.69) is 26.6 Å². The number of nitro benzene ring substituents is 1. The second kappa shape index (κ2) is 8.39. The van der Waals surface area contributed by atoms with Crippen molar-refractivity contribution < 1.29 is 14.5 Å². The number of carbonyl (C=O) groups is 2. The van der Waals surface area contributed by atoms with Crippen molar-refractivity contribution in [2.24, 2.45) is 0 Å². The van der Waals surface area contributed by atoms with Crippen LogP contribution in [-0.4, -0.2) is 23.3 Å². The number of nitrogens with zero attached hydrogens (tertiary/aromatic N) is 1. The molecule has 0 heterocycles. The number of amides is 2. The number of carbonyl (C=O) groups excluding carboxylic acids is 2. The number of nitro groups is 1. The highest BCUT2D eigenvalue weighted by atomic mass is 79.9. The van der Waals surface area contributed by atoms with Crippen molar-refractivity contribution in [1.29, 1.82) is 0 Å². The molecule has 2 rings (SSSR count). The summed E-state index contributed by atoms with van der Waals surface area (Å²) in [5.74, 6) is -0.899. The maximum absolute atomic E-state index is 12.0. The zero-order chi connectivity index (χ0) is 18.4. The van der Waals surface area contributed by atoms with Crippen molar-refractivity contribution in [3.05, 3.63) is 74.2 Å². The Kier molecular flexibility index (Phi) is 6.24. The van der Waals surface area contributed by atoms with Crippen molar-refractivity contribution >= 4 is 33.4 Å². The molecule has 0 radical (unpaired) electrons. The quantitative estimate of drug-likeness (QED) is 0.569. The van der Waals surface area contributed by atoms with E-state index in [4.69, 9.17) is 0 Å². The number of halogens is 1. The van der Waals surface area contributed by atoms with Gasteiger partial charge in [-0.25, -0.2) is 0 Å². The van der Waals surface area contributed by atoms with Crippen LogP contribution in [0.4, 0.5) is 5.69 Å². The van der Waals surface area contributed by atoms with E-state index in [1.54, 1.807) is 0 Å². The predicted molar refractivity (Wildman–Crippen MR) is 96.1 cm³/mol. The van der Waals surface area contributed by atoms with Crippen molar-refractivity contribution in [3.63, 3.8) is 0 Å². The van der Waals surface area contributed by atoms with Gasteiger partial charge in [-0.1, -0.05) is 34.1 Å². The van der Waals surface area contributed by atoms with Crippen LogP contribution in [0.5, 0.6) is 0 Å². The normalized spacial score (nSPS) is 11.4. The topological polar surface area (TPSA) is 101 Å². The fourth-order valence-electron chi connectivity index (χ4n) is 2.15. The van der Waals surface area contributed by atoms with Gasteiger partial charge in [0, 0.05) is 22.2 Å². The van der Waals surface area contributed by atoms with Gasteiger partial charge in [0.05, 0.1) is 17.5 Å². The maximum atomic E-state index is 12.0. The summed E-state index contributed by atoms with van der Waals surface area (Å²) in [6.07, 6.45) is 0. The SMILES string of the molecule is CC(NC(=O)CNC(=O)c1cccc([N+](=O)[O-])c1)c1ccc(Br)cc1. The van der Waals surface area contributed by atoms with Gasteiger partial charge in [-0.15, -0.1) is 0 Å². The van der Waals surface area contributed by atoms with E-state index in [1.165, 1.54) is 18.2 Å². The van der Waals surface area contributed by atoms with Crippen molar-refractivity contribution in [3.8, 4) is 0 Å². The number of benzene rings is 2. The molecule has 2 aromatic rings. The highest BCUT2D eigenvalue weighted by molar-refractivity contribution is 9.10. The molecule has 1 atom stereocenters. The molecule has 0 aliphatic rings. The minimum absolute atomic E-state index is 0.128. The fourth-order valence-corrected chi connectivity index (χ4v) is 2.41. The van der Waals surface area contributed by atoms with Crippen LogP contribution in [0.25, 0.3) is 0 Å². The molecule has 2 aromatic carbocycles. The number of nitrogens with one attached hydrogen (secondary N) is 2. The molecule has 0 aliphatic carbocycles. The van der Waals surface area contributed by atoms with Gasteiger partial charge >= 0.3 is 0 Å². The van der Waals surface area contributed by atoms with Crippen molar-refractivity contribution in [1.82, 2.24) is 10.6 Å². The minimum Gasteiger partial charge on any atom is -0.348 e.